The second-order valence-corrected chi connectivity index (χ2v) is 3.70. The molecule has 0 bridgehead atoms. The Morgan fingerprint density at radius 1 is 1.33 bits per heavy atom. The predicted molar refractivity (Wildman–Crippen MR) is 62.4 cm³/mol. The van der Waals surface area contributed by atoms with E-state index in [2.05, 4.69) is 43.5 Å². The van der Waals surface area contributed by atoms with Crippen molar-refractivity contribution in [2.24, 2.45) is 5.84 Å². The molecular weight excluding hydrogens is 188 g/mol. The molecule has 0 spiro atoms. The largest absolute Gasteiger partial charge is 0.379 e. The summed E-state index contributed by atoms with van der Waals surface area (Å²) < 4.78 is 5.48. The topological polar surface area (TPSA) is 47.3 Å². The number of nitrogens with two attached hydrogens (primary N) is 1. The zero-order valence-corrected chi connectivity index (χ0v) is 9.49. The Morgan fingerprint density at radius 3 is 2.53 bits per heavy atom. The molecule has 84 valence electrons. The maximum absolute atomic E-state index is 5.50. The van der Waals surface area contributed by atoms with Crippen LogP contribution in [0.4, 0.5) is 0 Å². The number of hydrogen-bond acceptors (Lipinski definition) is 3. The van der Waals surface area contributed by atoms with Crippen LogP contribution in [0, 0.1) is 6.92 Å². The number of nitrogens with one attached hydrogen (secondary N) is 1. The maximum Gasteiger partial charge on any atom is 0.0693 e. The van der Waals surface area contributed by atoms with Crippen LogP contribution < -0.4 is 11.3 Å². The highest BCUT2D eigenvalue weighted by Crippen LogP contribution is 2.13. The van der Waals surface area contributed by atoms with Crippen LogP contribution in [0.25, 0.3) is 0 Å². The van der Waals surface area contributed by atoms with Crippen LogP contribution in [-0.2, 0) is 4.74 Å². The Morgan fingerprint density at radius 2 is 2.00 bits per heavy atom. The molecule has 1 aromatic carbocycles. The summed E-state index contributed by atoms with van der Waals surface area (Å²) in [6.45, 7) is 5.57. The Labute approximate surface area is 91.6 Å². The summed E-state index contributed by atoms with van der Waals surface area (Å²) in [6.07, 6.45) is 1.03. The molecule has 3 heteroatoms. The minimum atomic E-state index is 0.0807. The number of aryl methyl sites for hydroxylation is 1. The van der Waals surface area contributed by atoms with Crippen molar-refractivity contribution in [3.8, 4) is 0 Å². The summed E-state index contributed by atoms with van der Waals surface area (Å²) in [5.41, 5.74) is 5.19. The molecule has 1 rings (SSSR count). The first-order chi connectivity index (χ1) is 7.27. The van der Waals surface area contributed by atoms with Crippen molar-refractivity contribution in [2.75, 3.05) is 13.2 Å². The normalized spacial score (nSPS) is 12.7. The first kappa shape index (κ1) is 12.2. The Balaban J connectivity index is 2.53. The standard InChI is InChI=1S/C12H20N2O/c1-3-8-15-9-12(14-13)11-6-4-10(2)5-7-11/h4-7,12,14H,3,8-9,13H2,1-2H3. The van der Waals surface area contributed by atoms with E-state index in [9.17, 15) is 0 Å². The van der Waals surface area contributed by atoms with Gasteiger partial charge >= 0.3 is 0 Å². The predicted octanol–water partition coefficient (Wildman–Crippen LogP) is 1.93. The van der Waals surface area contributed by atoms with Gasteiger partial charge < -0.3 is 4.74 Å². The van der Waals surface area contributed by atoms with Gasteiger partial charge in [-0.15, -0.1) is 0 Å². The first-order valence-electron chi connectivity index (χ1n) is 5.38. The van der Waals surface area contributed by atoms with Crippen molar-refractivity contribution < 1.29 is 4.74 Å². The fraction of sp³-hybridized carbons (Fsp3) is 0.500. The fourth-order valence-electron chi connectivity index (χ4n) is 1.38. The smallest absolute Gasteiger partial charge is 0.0693 e. The number of ether oxygens (including phenoxy) is 1. The van der Waals surface area contributed by atoms with Crippen molar-refractivity contribution in [3.63, 3.8) is 0 Å². The van der Waals surface area contributed by atoms with E-state index in [0.717, 1.165) is 13.0 Å². The van der Waals surface area contributed by atoms with Crippen LogP contribution in [0.15, 0.2) is 24.3 Å². The van der Waals surface area contributed by atoms with Gasteiger partial charge in [-0.3, -0.25) is 11.3 Å². The molecule has 0 radical (unpaired) electrons. The second-order valence-electron chi connectivity index (χ2n) is 3.70. The molecular formula is C12H20N2O. The molecule has 0 aliphatic heterocycles. The molecule has 3 N–H and O–H groups in total. The summed E-state index contributed by atoms with van der Waals surface area (Å²) in [5.74, 6) is 5.50. The van der Waals surface area contributed by atoms with E-state index in [1.54, 1.807) is 0 Å². The molecule has 1 aromatic rings. The number of hydrogen-bond donors (Lipinski definition) is 2. The Kier molecular flexibility index (Phi) is 5.32. The molecule has 0 saturated heterocycles. The van der Waals surface area contributed by atoms with Gasteiger partial charge in [-0.1, -0.05) is 36.8 Å². The van der Waals surface area contributed by atoms with Crippen molar-refractivity contribution in [1.82, 2.24) is 5.43 Å². The van der Waals surface area contributed by atoms with Crippen molar-refractivity contribution >= 4 is 0 Å². The van der Waals surface area contributed by atoms with Crippen LogP contribution >= 0.6 is 0 Å². The van der Waals surface area contributed by atoms with Gasteiger partial charge in [-0.2, -0.15) is 0 Å². The highest BCUT2D eigenvalue weighted by atomic mass is 16.5. The molecule has 1 atom stereocenters. The Bertz CT molecular complexity index is 271. The van der Waals surface area contributed by atoms with E-state index < -0.39 is 0 Å². The lowest BCUT2D eigenvalue weighted by molar-refractivity contribution is 0.112. The number of rotatable bonds is 6. The van der Waals surface area contributed by atoms with E-state index in [1.807, 2.05) is 0 Å². The van der Waals surface area contributed by atoms with Gasteiger partial charge in [0.2, 0.25) is 0 Å². The van der Waals surface area contributed by atoms with Gasteiger partial charge in [0.1, 0.15) is 0 Å². The molecule has 0 aromatic heterocycles. The molecule has 3 nitrogen and oxygen atoms in total. The van der Waals surface area contributed by atoms with Gasteiger partial charge in [0.25, 0.3) is 0 Å². The van der Waals surface area contributed by atoms with Crippen LogP contribution in [0.5, 0.6) is 0 Å². The monoisotopic (exact) mass is 208 g/mol. The summed E-state index contributed by atoms with van der Waals surface area (Å²) >= 11 is 0. The van der Waals surface area contributed by atoms with Crippen LogP contribution in [0.2, 0.25) is 0 Å². The fourth-order valence-corrected chi connectivity index (χ4v) is 1.38. The third-order valence-electron chi connectivity index (χ3n) is 2.31. The molecule has 0 saturated carbocycles. The molecule has 1 unspecified atom stereocenters. The lowest BCUT2D eigenvalue weighted by Crippen LogP contribution is -2.31. The lowest BCUT2D eigenvalue weighted by Gasteiger charge is -2.16. The van der Waals surface area contributed by atoms with Gasteiger partial charge in [-0.05, 0) is 18.9 Å². The zero-order valence-electron chi connectivity index (χ0n) is 9.49. The van der Waals surface area contributed by atoms with Gasteiger partial charge in [0.05, 0.1) is 12.6 Å². The minimum absolute atomic E-state index is 0.0807. The van der Waals surface area contributed by atoms with Crippen LogP contribution in [-0.4, -0.2) is 13.2 Å². The number of benzene rings is 1. The van der Waals surface area contributed by atoms with E-state index in [0.29, 0.717) is 6.61 Å². The second kappa shape index (κ2) is 6.56. The highest BCUT2D eigenvalue weighted by Gasteiger charge is 2.08. The van der Waals surface area contributed by atoms with Gasteiger partial charge in [-0.25, -0.2) is 0 Å². The SMILES string of the molecule is CCCOCC(NN)c1ccc(C)cc1. The third-order valence-corrected chi connectivity index (χ3v) is 2.31. The van der Waals surface area contributed by atoms with E-state index in [4.69, 9.17) is 10.6 Å². The van der Waals surface area contributed by atoms with Crippen LogP contribution in [0.3, 0.4) is 0 Å². The molecule has 15 heavy (non-hydrogen) atoms. The van der Waals surface area contributed by atoms with E-state index >= 15 is 0 Å². The minimum Gasteiger partial charge on any atom is -0.379 e. The first-order valence-corrected chi connectivity index (χ1v) is 5.38. The maximum atomic E-state index is 5.50. The van der Waals surface area contributed by atoms with E-state index in [-0.39, 0.29) is 6.04 Å². The lowest BCUT2D eigenvalue weighted by atomic mass is 10.1. The Hall–Kier alpha value is -0.900. The molecule has 0 fully saturated rings. The summed E-state index contributed by atoms with van der Waals surface area (Å²) in [7, 11) is 0. The van der Waals surface area contributed by atoms with Crippen molar-refractivity contribution in [3.05, 3.63) is 35.4 Å². The van der Waals surface area contributed by atoms with Gasteiger partial charge in [0, 0.05) is 6.61 Å². The quantitative estimate of drug-likeness (QED) is 0.426. The number of hydrazine groups is 1. The highest BCUT2D eigenvalue weighted by molar-refractivity contribution is 5.24. The molecule has 0 heterocycles. The van der Waals surface area contributed by atoms with E-state index in [1.165, 1.54) is 11.1 Å². The average molecular weight is 208 g/mol. The van der Waals surface area contributed by atoms with Gasteiger partial charge in [0.15, 0.2) is 0 Å². The van der Waals surface area contributed by atoms with Crippen molar-refractivity contribution in [1.29, 1.82) is 0 Å². The third kappa shape index (κ3) is 4.00. The van der Waals surface area contributed by atoms with Crippen molar-refractivity contribution in [2.45, 2.75) is 26.3 Å². The molecule has 0 amide bonds. The molecule has 0 aliphatic rings. The molecule has 0 aliphatic carbocycles. The summed E-state index contributed by atoms with van der Waals surface area (Å²) in [5, 5.41) is 0. The zero-order chi connectivity index (χ0) is 11.1. The summed E-state index contributed by atoms with van der Waals surface area (Å²) in [4.78, 5) is 0. The average Bonchev–Trinajstić information content (AvgIpc) is 2.26. The summed E-state index contributed by atoms with van der Waals surface area (Å²) in [6, 6.07) is 8.40. The van der Waals surface area contributed by atoms with Crippen LogP contribution in [0.1, 0.15) is 30.5 Å².